The summed E-state index contributed by atoms with van der Waals surface area (Å²) in [6, 6.07) is 0. The Hall–Kier alpha value is -1.10. The van der Waals surface area contributed by atoms with Gasteiger partial charge in [-0.1, -0.05) is 0 Å². The first-order valence-corrected chi connectivity index (χ1v) is 8.23. The summed E-state index contributed by atoms with van der Waals surface area (Å²) in [7, 11) is 0. The molecule has 0 atom stereocenters. The number of ether oxygens (including phenoxy) is 2. The number of rotatable bonds is 6. The van der Waals surface area contributed by atoms with Crippen molar-refractivity contribution in [2.45, 2.75) is 71.9 Å². The Morgan fingerprint density at radius 2 is 1.41 bits per heavy atom. The minimum atomic E-state index is -0.811. The zero-order valence-corrected chi connectivity index (χ0v) is 14.8. The lowest BCUT2D eigenvalue weighted by Gasteiger charge is -2.47. The number of nitrogens with one attached hydrogen (secondary N) is 1. The van der Waals surface area contributed by atoms with Crippen LogP contribution < -0.4 is 5.32 Å². The molecule has 0 spiro atoms. The van der Waals surface area contributed by atoms with E-state index in [1.54, 1.807) is 13.8 Å². The molecule has 0 saturated carbocycles. The van der Waals surface area contributed by atoms with Gasteiger partial charge in [0, 0.05) is 11.1 Å². The molecule has 0 aliphatic carbocycles. The zero-order chi connectivity index (χ0) is 17.0. The standard InChI is InChI=1S/C17H31NO4/c1-7-21-14(19)13(15(20)22-8-2)9-12-10-16(3,4)18-17(5,6)11-12/h12-13,18H,7-11H2,1-6H3. The fraction of sp³-hybridized carbons (Fsp3) is 0.882. The van der Waals surface area contributed by atoms with Gasteiger partial charge in [-0.15, -0.1) is 0 Å². The molecule has 1 N–H and O–H groups in total. The third-order valence-corrected chi connectivity index (χ3v) is 3.99. The number of hydrogen-bond acceptors (Lipinski definition) is 5. The first kappa shape index (κ1) is 18.9. The lowest BCUT2D eigenvalue weighted by atomic mass is 9.73. The highest BCUT2D eigenvalue weighted by atomic mass is 16.6. The molecule has 1 heterocycles. The second-order valence-electron chi connectivity index (χ2n) is 7.46. The van der Waals surface area contributed by atoms with Crippen molar-refractivity contribution in [3.63, 3.8) is 0 Å². The van der Waals surface area contributed by atoms with Gasteiger partial charge < -0.3 is 14.8 Å². The lowest BCUT2D eigenvalue weighted by Crippen LogP contribution is -2.58. The maximum absolute atomic E-state index is 12.1. The molecule has 5 nitrogen and oxygen atoms in total. The molecule has 1 saturated heterocycles. The minimum absolute atomic E-state index is 0.0136. The van der Waals surface area contributed by atoms with E-state index in [0.29, 0.717) is 6.42 Å². The maximum Gasteiger partial charge on any atom is 0.320 e. The summed E-state index contributed by atoms with van der Waals surface area (Å²) in [6.45, 7) is 12.7. The van der Waals surface area contributed by atoms with Crippen LogP contribution in [0.15, 0.2) is 0 Å². The Morgan fingerprint density at radius 3 is 1.77 bits per heavy atom. The van der Waals surface area contributed by atoms with E-state index in [4.69, 9.17) is 9.47 Å². The second kappa shape index (κ2) is 7.44. The fourth-order valence-electron chi connectivity index (χ4n) is 3.81. The van der Waals surface area contributed by atoms with E-state index in [1.165, 1.54) is 0 Å². The number of carbonyl (C=O) groups is 2. The van der Waals surface area contributed by atoms with Gasteiger partial charge in [-0.2, -0.15) is 0 Å². The van der Waals surface area contributed by atoms with Crippen LogP contribution in [0.25, 0.3) is 0 Å². The summed E-state index contributed by atoms with van der Waals surface area (Å²) >= 11 is 0. The Morgan fingerprint density at radius 1 is 1.00 bits per heavy atom. The molecular formula is C17H31NO4. The van der Waals surface area contributed by atoms with Crippen molar-refractivity contribution in [3.05, 3.63) is 0 Å². The minimum Gasteiger partial charge on any atom is -0.465 e. The molecule has 128 valence electrons. The second-order valence-corrected chi connectivity index (χ2v) is 7.46. The van der Waals surface area contributed by atoms with Crippen molar-refractivity contribution in [2.24, 2.45) is 11.8 Å². The number of piperidine rings is 1. The van der Waals surface area contributed by atoms with E-state index in [0.717, 1.165) is 12.8 Å². The van der Waals surface area contributed by atoms with Gasteiger partial charge in [-0.3, -0.25) is 9.59 Å². The van der Waals surface area contributed by atoms with Crippen LogP contribution in [-0.2, 0) is 19.1 Å². The van der Waals surface area contributed by atoms with Gasteiger partial charge in [0.25, 0.3) is 0 Å². The summed E-state index contributed by atoms with van der Waals surface area (Å²) in [5.41, 5.74) is -0.0272. The Bertz CT molecular complexity index is 369. The quantitative estimate of drug-likeness (QED) is 0.603. The summed E-state index contributed by atoms with van der Waals surface area (Å²) in [6.07, 6.45) is 2.34. The van der Waals surface area contributed by atoms with Gasteiger partial charge in [0.05, 0.1) is 13.2 Å². The first-order valence-electron chi connectivity index (χ1n) is 8.23. The summed E-state index contributed by atoms with van der Waals surface area (Å²) in [5, 5.41) is 3.61. The van der Waals surface area contributed by atoms with Crippen molar-refractivity contribution >= 4 is 11.9 Å². The molecule has 1 aliphatic heterocycles. The maximum atomic E-state index is 12.1. The van der Waals surface area contributed by atoms with Crippen molar-refractivity contribution in [1.29, 1.82) is 0 Å². The van der Waals surface area contributed by atoms with Gasteiger partial charge in [0.2, 0.25) is 0 Å². The highest BCUT2D eigenvalue weighted by Crippen LogP contribution is 2.36. The average molecular weight is 313 g/mol. The number of hydrogen-bond donors (Lipinski definition) is 1. The van der Waals surface area contributed by atoms with E-state index >= 15 is 0 Å². The molecule has 0 radical (unpaired) electrons. The SMILES string of the molecule is CCOC(=O)C(CC1CC(C)(C)NC(C)(C)C1)C(=O)OCC. The fourth-order valence-corrected chi connectivity index (χ4v) is 3.81. The van der Waals surface area contributed by atoms with Crippen molar-refractivity contribution in [1.82, 2.24) is 5.32 Å². The zero-order valence-electron chi connectivity index (χ0n) is 14.8. The van der Waals surface area contributed by atoms with Gasteiger partial charge in [-0.25, -0.2) is 0 Å². The molecule has 1 aliphatic rings. The highest BCUT2D eigenvalue weighted by molar-refractivity contribution is 5.94. The molecule has 0 aromatic rings. The first-order chi connectivity index (χ1) is 10.1. The largest absolute Gasteiger partial charge is 0.465 e. The van der Waals surface area contributed by atoms with Crippen LogP contribution in [0.5, 0.6) is 0 Å². The predicted octanol–water partition coefficient (Wildman–Crippen LogP) is 2.68. The van der Waals surface area contributed by atoms with Crippen LogP contribution in [-0.4, -0.2) is 36.2 Å². The summed E-state index contributed by atoms with van der Waals surface area (Å²) < 4.78 is 10.1. The predicted molar refractivity (Wildman–Crippen MR) is 85.4 cm³/mol. The molecule has 22 heavy (non-hydrogen) atoms. The van der Waals surface area contributed by atoms with Crippen LogP contribution in [0.1, 0.15) is 60.8 Å². The summed E-state index contributed by atoms with van der Waals surface area (Å²) in [4.78, 5) is 24.2. The molecule has 1 fully saturated rings. The average Bonchev–Trinajstić information content (AvgIpc) is 2.32. The van der Waals surface area contributed by atoms with E-state index in [-0.39, 0.29) is 30.2 Å². The Kier molecular flexibility index (Phi) is 6.41. The number of esters is 2. The molecule has 0 unspecified atom stereocenters. The smallest absolute Gasteiger partial charge is 0.320 e. The van der Waals surface area contributed by atoms with Crippen LogP contribution in [0.3, 0.4) is 0 Å². The molecule has 0 amide bonds. The van der Waals surface area contributed by atoms with E-state index in [9.17, 15) is 9.59 Å². The lowest BCUT2D eigenvalue weighted by molar-refractivity contribution is -0.162. The Balaban J connectivity index is 2.84. The van der Waals surface area contributed by atoms with Gasteiger partial charge >= 0.3 is 11.9 Å². The van der Waals surface area contributed by atoms with E-state index in [1.807, 2.05) is 0 Å². The van der Waals surface area contributed by atoms with E-state index in [2.05, 4.69) is 33.0 Å². The number of carbonyl (C=O) groups excluding carboxylic acids is 2. The molecule has 5 heteroatoms. The third kappa shape index (κ3) is 5.59. The van der Waals surface area contributed by atoms with E-state index < -0.39 is 17.9 Å². The van der Waals surface area contributed by atoms with Crippen molar-refractivity contribution in [2.75, 3.05) is 13.2 Å². The molecule has 0 aromatic carbocycles. The van der Waals surface area contributed by atoms with Crippen LogP contribution >= 0.6 is 0 Å². The van der Waals surface area contributed by atoms with Gasteiger partial charge in [0.15, 0.2) is 5.92 Å². The third-order valence-electron chi connectivity index (χ3n) is 3.99. The van der Waals surface area contributed by atoms with Gasteiger partial charge in [0.1, 0.15) is 0 Å². The highest BCUT2D eigenvalue weighted by Gasteiger charge is 2.41. The molecule has 0 aromatic heterocycles. The monoisotopic (exact) mass is 313 g/mol. The topological polar surface area (TPSA) is 64.6 Å². The Labute approximate surface area is 134 Å². The molecule has 1 rings (SSSR count). The molecular weight excluding hydrogens is 282 g/mol. The van der Waals surface area contributed by atoms with Crippen LogP contribution in [0.2, 0.25) is 0 Å². The van der Waals surface area contributed by atoms with Crippen LogP contribution in [0, 0.1) is 11.8 Å². The molecule has 0 bridgehead atoms. The summed E-state index contributed by atoms with van der Waals surface area (Å²) in [5.74, 6) is -1.45. The van der Waals surface area contributed by atoms with Gasteiger partial charge in [-0.05, 0) is 66.7 Å². The van der Waals surface area contributed by atoms with Crippen LogP contribution in [0.4, 0.5) is 0 Å². The van der Waals surface area contributed by atoms with Crippen molar-refractivity contribution < 1.29 is 19.1 Å². The van der Waals surface area contributed by atoms with Crippen molar-refractivity contribution in [3.8, 4) is 0 Å². The normalized spacial score (nSPS) is 20.7.